The van der Waals surface area contributed by atoms with E-state index in [0.29, 0.717) is 0 Å². The van der Waals surface area contributed by atoms with Crippen molar-refractivity contribution in [2.75, 3.05) is 7.05 Å². The predicted molar refractivity (Wildman–Crippen MR) is 76.2 cm³/mol. The summed E-state index contributed by atoms with van der Waals surface area (Å²) in [6, 6.07) is 0. The minimum absolute atomic E-state index is 0.125. The Labute approximate surface area is 114 Å². The quantitative estimate of drug-likeness (QED) is 0.894. The molecule has 0 amide bonds. The van der Waals surface area contributed by atoms with Crippen molar-refractivity contribution in [2.45, 2.75) is 64.7 Å². The van der Waals surface area contributed by atoms with Gasteiger partial charge in [-0.3, -0.25) is 0 Å². The first kappa shape index (κ1) is 14.0. The van der Waals surface area contributed by atoms with Crippen molar-refractivity contribution in [2.24, 2.45) is 0 Å². The molecule has 3 nitrogen and oxygen atoms in total. The van der Waals surface area contributed by atoms with E-state index in [4.69, 9.17) is 9.72 Å². The van der Waals surface area contributed by atoms with Gasteiger partial charge in [-0.25, -0.2) is 4.98 Å². The maximum Gasteiger partial charge on any atom is 0.116 e. The van der Waals surface area contributed by atoms with Crippen molar-refractivity contribution < 1.29 is 4.74 Å². The molecular formula is C14H24N2OS. The smallest absolute Gasteiger partial charge is 0.116 e. The largest absolute Gasteiger partial charge is 0.367 e. The molecule has 1 unspecified atom stereocenters. The third kappa shape index (κ3) is 1.91. The van der Waals surface area contributed by atoms with Crippen LogP contribution in [-0.2, 0) is 10.3 Å². The molecule has 1 saturated heterocycles. The van der Waals surface area contributed by atoms with Crippen LogP contribution < -0.4 is 5.32 Å². The highest BCUT2D eigenvalue weighted by Gasteiger charge is 2.59. The van der Waals surface area contributed by atoms with Gasteiger partial charge in [-0.15, -0.1) is 11.3 Å². The summed E-state index contributed by atoms with van der Waals surface area (Å²) >= 11 is 1.78. The lowest BCUT2D eigenvalue weighted by atomic mass is 9.79. The fourth-order valence-electron chi connectivity index (χ4n) is 3.15. The lowest BCUT2D eigenvalue weighted by Gasteiger charge is -2.38. The molecule has 0 spiro atoms. The van der Waals surface area contributed by atoms with E-state index >= 15 is 0 Å². The molecule has 0 radical (unpaired) electrons. The summed E-state index contributed by atoms with van der Waals surface area (Å²) in [5, 5.41) is 4.65. The van der Waals surface area contributed by atoms with Crippen LogP contribution in [0, 0.1) is 13.8 Å². The lowest BCUT2D eigenvalue weighted by Crippen LogP contribution is -2.53. The summed E-state index contributed by atoms with van der Waals surface area (Å²) in [5.41, 5.74) is 0.549. The van der Waals surface area contributed by atoms with Gasteiger partial charge in [0.1, 0.15) is 10.5 Å². The van der Waals surface area contributed by atoms with Crippen LogP contribution in [0.1, 0.15) is 49.7 Å². The van der Waals surface area contributed by atoms with Crippen LogP contribution in [0.25, 0.3) is 0 Å². The number of likely N-dealkylation sites (N-methyl/N-ethyl adjacent to an activating group) is 1. The van der Waals surface area contributed by atoms with Gasteiger partial charge in [-0.2, -0.15) is 0 Å². The standard InChI is InChI=1S/C14H24N2OS/c1-9-10(2)18-11(16-9)14(15-7)8-12(3,4)17-13(14,5)6/h15H,8H2,1-7H3. The SMILES string of the molecule is CNC1(c2nc(C)c(C)s2)CC(C)(C)OC1(C)C. The molecule has 0 saturated carbocycles. The molecule has 0 aliphatic carbocycles. The molecule has 1 atom stereocenters. The Hall–Kier alpha value is -0.450. The van der Waals surface area contributed by atoms with E-state index in [0.717, 1.165) is 17.1 Å². The van der Waals surface area contributed by atoms with Crippen molar-refractivity contribution >= 4 is 11.3 Å². The molecule has 1 aliphatic heterocycles. The van der Waals surface area contributed by atoms with Crippen molar-refractivity contribution in [1.29, 1.82) is 0 Å². The highest BCUT2D eigenvalue weighted by atomic mass is 32.1. The van der Waals surface area contributed by atoms with Gasteiger partial charge in [0.15, 0.2) is 0 Å². The molecule has 18 heavy (non-hydrogen) atoms. The molecule has 1 fully saturated rings. The average Bonchev–Trinajstić information content (AvgIpc) is 2.62. The van der Waals surface area contributed by atoms with Crippen LogP contribution in [0.15, 0.2) is 0 Å². The summed E-state index contributed by atoms with van der Waals surface area (Å²) in [4.78, 5) is 6.06. The zero-order valence-electron chi connectivity index (χ0n) is 12.5. The first-order valence-corrected chi connectivity index (χ1v) is 7.29. The molecule has 2 rings (SSSR count). The minimum Gasteiger partial charge on any atom is -0.367 e. The van der Waals surface area contributed by atoms with E-state index in [1.54, 1.807) is 11.3 Å². The lowest BCUT2D eigenvalue weighted by molar-refractivity contribution is -0.0834. The van der Waals surface area contributed by atoms with Gasteiger partial charge in [0.25, 0.3) is 0 Å². The Bertz CT molecular complexity index is 445. The first-order chi connectivity index (χ1) is 8.13. The van der Waals surface area contributed by atoms with Crippen molar-refractivity contribution in [3.63, 3.8) is 0 Å². The van der Waals surface area contributed by atoms with E-state index in [2.05, 4.69) is 46.9 Å². The van der Waals surface area contributed by atoms with Crippen LogP contribution in [-0.4, -0.2) is 23.2 Å². The summed E-state index contributed by atoms with van der Waals surface area (Å²) in [6.45, 7) is 12.8. The van der Waals surface area contributed by atoms with Gasteiger partial charge in [0, 0.05) is 11.3 Å². The number of nitrogens with zero attached hydrogens (tertiary/aromatic N) is 1. The normalized spacial score (nSPS) is 29.7. The van der Waals surface area contributed by atoms with Crippen molar-refractivity contribution in [1.82, 2.24) is 10.3 Å². The Morgan fingerprint density at radius 1 is 1.22 bits per heavy atom. The fourth-order valence-corrected chi connectivity index (χ4v) is 4.41. The predicted octanol–water partition coefficient (Wildman–Crippen LogP) is 3.15. The highest BCUT2D eigenvalue weighted by molar-refractivity contribution is 7.11. The van der Waals surface area contributed by atoms with E-state index in [1.165, 1.54) is 4.88 Å². The fraction of sp³-hybridized carbons (Fsp3) is 0.786. The van der Waals surface area contributed by atoms with Crippen LogP contribution in [0.3, 0.4) is 0 Å². The van der Waals surface area contributed by atoms with Crippen LogP contribution in [0.2, 0.25) is 0 Å². The Morgan fingerprint density at radius 3 is 2.17 bits per heavy atom. The number of ether oxygens (including phenoxy) is 1. The zero-order valence-corrected chi connectivity index (χ0v) is 13.3. The molecule has 4 heteroatoms. The third-order valence-electron chi connectivity index (χ3n) is 4.07. The van der Waals surface area contributed by atoms with E-state index < -0.39 is 0 Å². The van der Waals surface area contributed by atoms with Crippen molar-refractivity contribution in [3.05, 3.63) is 15.6 Å². The average molecular weight is 268 g/mol. The topological polar surface area (TPSA) is 34.2 Å². The van der Waals surface area contributed by atoms with Gasteiger partial charge in [-0.05, 0) is 48.6 Å². The molecule has 1 N–H and O–H groups in total. The number of aryl methyl sites for hydroxylation is 2. The number of hydrogen-bond acceptors (Lipinski definition) is 4. The number of aromatic nitrogens is 1. The maximum absolute atomic E-state index is 6.25. The second-order valence-electron chi connectivity index (χ2n) is 6.36. The summed E-state index contributed by atoms with van der Waals surface area (Å²) in [5.74, 6) is 0. The molecule has 1 aromatic rings. The van der Waals surface area contributed by atoms with Gasteiger partial charge >= 0.3 is 0 Å². The molecule has 102 valence electrons. The zero-order chi connectivity index (χ0) is 13.8. The Balaban J connectivity index is 2.55. The van der Waals surface area contributed by atoms with Crippen molar-refractivity contribution in [3.8, 4) is 0 Å². The minimum atomic E-state index is -0.262. The number of rotatable bonds is 2. The summed E-state index contributed by atoms with van der Waals surface area (Å²) < 4.78 is 6.25. The number of nitrogens with one attached hydrogen (secondary N) is 1. The van der Waals surface area contributed by atoms with Gasteiger partial charge in [0.05, 0.1) is 16.9 Å². The van der Waals surface area contributed by atoms with Crippen LogP contribution >= 0.6 is 11.3 Å². The number of hydrogen-bond donors (Lipinski definition) is 1. The van der Waals surface area contributed by atoms with Crippen LogP contribution in [0.5, 0.6) is 0 Å². The molecule has 1 aromatic heterocycles. The summed E-state index contributed by atoms with van der Waals surface area (Å²) in [6.07, 6.45) is 0.940. The molecule has 0 aromatic carbocycles. The molecular weight excluding hydrogens is 244 g/mol. The maximum atomic E-state index is 6.25. The third-order valence-corrected chi connectivity index (χ3v) is 5.31. The van der Waals surface area contributed by atoms with Gasteiger partial charge in [0.2, 0.25) is 0 Å². The Kier molecular flexibility index (Phi) is 3.12. The van der Waals surface area contributed by atoms with E-state index in [9.17, 15) is 0 Å². The number of thiazole rings is 1. The highest BCUT2D eigenvalue weighted by Crippen LogP contribution is 2.51. The van der Waals surface area contributed by atoms with Crippen LogP contribution in [0.4, 0.5) is 0 Å². The second-order valence-corrected chi connectivity index (χ2v) is 7.57. The monoisotopic (exact) mass is 268 g/mol. The molecule has 1 aliphatic rings. The summed E-state index contributed by atoms with van der Waals surface area (Å²) in [7, 11) is 2.01. The van der Waals surface area contributed by atoms with E-state index in [-0.39, 0.29) is 16.7 Å². The first-order valence-electron chi connectivity index (χ1n) is 6.47. The molecule has 0 bridgehead atoms. The van der Waals surface area contributed by atoms with Gasteiger partial charge in [-0.1, -0.05) is 0 Å². The Morgan fingerprint density at radius 2 is 1.83 bits per heavy atom. The van der Waals surface area contributed by atoms with E-state index in [1.807, 2.05) is 7.05 Å². The second kappa shape index (κ2) is 4.02. The van der Waals surface area contributed by atoms with Gasteiger partial charge < -0.3 is 10.1 Å². The molecule has 2 heterocycles.